The maximum atomic E-state index is 6.60. The van der Waals surface area contributed by atoms with Crippen LogP contribution in [-0.2, 0) is 19.3 Å². The van der Waals surface area contributed by atoms with Gasteiger partial charge in [0.15, 0.2) is 0 Å². The summed E-state index contributed by atoms with van der Waals surface area (Å²) in [5, 5.41) is 2.15. The van der Waals surface area contributed by atoms with Crippen molar-refractivity contribution in [1.82, 2.24) is 0 Å². The number of fused-ring (bicyclic) bond motifs is 1. The lowest BCUT2D eigenvalue weighted by Gasteiger charge is -2.34. The Balaban J connectivity index is 1.69. The molecule has 1 aromatic carbocycles. The van der Waals surface area contributed by atoms with Crippen molar-refractivity contribution in [2.75, 3.05) is 0 Å². The summed E-state index contributed by atoms with van der Waals surface area (Å²) in [6.45, 7) is 0. The molecule has 0 fully saturated rings. The van der Waals surface area contributed by atoms with Gasteiger partial charge in [0.1, 0.15) is 0 Å². The molecule has 0 radical (unpaired) electrons. The van der Waals surface area contributed by atoms with Crippen LogP contribution in [0.5, 0.6) is 0 Å². The summed E-state index contributed by atoms with van der Waals surface area (Å²) in [6.07, 6.45) is 5.51. The van der Waals surface area contributed by atoms with E-state index in [0.29, 0.717) is 0 Å². The second kappa shape index (κ2) is 4.87. The third kappa shape index (κ3) is 2.50. The van der Waals surface area contributed by atoms with E-state index >= 15 is 0 Å². The van der Waals surface area contributed by atoms with E-state index in [1.165, 1.54) is 16.0 Å². The maximum Gasteiger partial charge on any atom is 0.0201 e. The molecule has 0 amide bonds. The summed E-state index contributed by atoms with van der Waals surface area (Å²) >= 11 is 1.84. The fraction of sp³-hybridized carbons (Fsp3) is 0.375. The summed E-state index contributed by atoms with van der Waals surface area (Å²) in [4.78, 5) is 1.46. The van der Waals surface area contributed by atoms with Gasteiger partial charge in [0.05, 0.1) is 0 Å². The van der Waals surface area contributed by atoms with Crippen LogP contribution in [0.2, 0.25) is 0 Å². The zero-order chi connectivity index (χ0) is 12.4. The molecule has 1 aromatic heterocycles. The molecule has 18 heavy (non-hydrogen) atoms. The monoisotopic (exact) mass is 257 g/mol. The van der Waals surface area contributed by atoms with Gasteiger partial charge >= 0.3 is 0 Å². The fourth-order valence-electron chi connectivity index (χ4n) is 2.87. The van der Waals surface area contributed by atoms with E-state index in [2.05, 4.69) is 41.8 Å². The van der Waals surface area contributed by atoms with Gasteiger partial charge in [-0.2, -0.15) is 0 Å². The lowest BCUT2D eigenvalue weighted by molar-refractivity contribution is 0.347. The Hall–Kier alpha value is -1.12. The van der Waals surface area contributed by atoms with Crippen molar-refractivity contribution in [3.8, 4) is 0 Å². The van der Waals surface area contributed by atoms with Crippen LogP contribution in [0, 0.1) is 0 Å². The SMILES string of the molecule is NC1(CCc2cccs2)CCc2ccccc2C1. The van der Waals surface area contributed by atoms with Crippen molar-refractivity contribution in [1.29, 1.82) is 0 Å². The molecule has 1 unspecified atom stereocenters. The lowest BCUT2D eigenvalue weighted by Crippen LogP contribution is -2.45. The minimum atomic E-state index is -0.00164. The van der Waals surface area contributed by atoms with E-state index in [9.17, 15) is 0 Å². The zero-order valence-corrected chi connectivity index (χ0v) is 11.4. The number of nitrogens with two attached hydrogens (primary N) is 1. The second-order valence-electron chi connectivity index (χ2n) is 5.39. The Bertz CT molecular complexity index is 518. The summed E-state index contributed by atoms with van der Waals surface area (Å²) < 4.78 is 0. The predicted octanol–water partition coefficient (Wildman–Crippen LogP) is 3.57. The van der Waals surface area contributed by atoms with Crippen LogP contribution in [-0.4, -0.2) is 5.54 Å². The summed E-state index contributed by atoms with van der Waals surface area (Å²) in [6, 6.07) is 13.1. The first-order chi connectivity index (χ1) is 8.75. The molecule has 2 heteroatoms. The molecule has 1 aliphatic rings. The molecular formula is C16H19NS. The summed E-state index contributed by atoms with van der Waals surface area (Å²) in [7, 11) is 0. The van der Waals surface area contributed by atoms with Crippen LogP contribution in [0.1, 0.15) is 28.8 Å². The first-order valence-electron chi connectivity index (χ1n) is 6.63. The molecule has 2 N–H and O–H groups in total. The molecule has 1 heterocycles. The van der Waals surface area contributed by atoms with Crippen molar-refractivity contribution in [2.45, 2.75) is 37.6 Å². The highest BCUT2D eigenvalue weighted by Gasteiger charge is 2.29. The average Bonchev–Trinajstić information content (AvgIpc) is 2.90. The molecule has 1 aliphatic carbocycles. The van der Waals surface area contributed by atoms with Crippen LogP contribution in [0.4, 0.5) is 0 Å². The molecule has 1 atom stereocenters. The Labute approximate surface area is 113 Å². The van der Waals surface area contributed by atoms with Gasteiger partial charge in [-0.1, -0.05) is 30.3 Å². The van der Waals surface area contributed by atoms with Gasteiger partial charge in [0, 0.05) is 10.4 Å². The van der Waals surface area contributed by atoms with Crippen molar-refractivity contribution < 1.29 is 0 Å². The highest BCUT2D eigenvalue weighted by molar-refractivity contribution is 7.09. The topological polar surface area (TPSA) is 26.0 Å². The highest BCUT2D eigenvalue weighted by Crippen LogP contribution is 2.30. The summed E-state index contributed by atoms with van der Waals surface area (Å²) in [5.41, 5.74) is 9.54. The Kier molecular flexibility index (Phi) is 3.23. The Morgan fingerprint density at radius 2 is 1.94 bits per heavy atom. The van der Waals surface area contributed by atoms with Gasteiger partial charge in [0.2, 0.25) is 0 Å². The Morgan fingerprint density at radius 1 is 1.11 bits per heavy atom. The number of hydrogen-bond acceptors (Lipinski definition) is 2. The third-order valence-corrected chi connectivity index (χ3v) is 4.94. The van der Waals surface area contributed by atoms with Gasteiger partial charge in [-0.05, 0) is 54.7 Å². The largest absolute Gasteiger partial charge is 0.325 e. The van der Waals surface area contributed by atoms with E-state index in [1.54, 1.807) is 0 Å². The first-order valence-corrected chi connectivity index (χ1v) is 7.51. The van der Waals surface area contributed by atoms with Crippen molar-refractivity contribution in [3.05, 3.63) is 57.8 Å². The van der Waals surface area contributed by atoms with E-state index in [4.69, 9.17) is 5.73 Å². The van der Waals surface area contributed by atoms with Crippen LogP contribution in [0.25, 0.3) is 0 Å². The van der Waals surface area contributed by atoms with Gasteiger partial charge in [-0.15, -0.1) is 11.3 Å². The Morgan fingerprint density at radius 3 is 2.72 bits per heavy atom. The molecule has 0 saturated heterocycles. The van der Waals surface area contributed by atoms with E-state index in [-0.39, 0.29) is 5.54 Å². The van der Waals surface area contributed by atoms with Gasteiger partial charge in [-0.3, -0.25) is 0 Å². The smallest absolute Gasteiger partial charge is 0.0201 e. The zero-order valence-electron chi connectivity index (χ0n) is 10.6. The maximum absolute atomic E-state index is 6.60. The van der Waals surface area contributed by atoms with Crippen molar-refractivity contribution in [3.63, 3.8) is 0 Å². The molecule has 1 nitrogen and oxygen atoms in total. The van der Waals surface area contributed by atoms with Gasteiger partial charge in [-0.25, -0.2) is 0 Å². The normalized spacial score (nSPS) is 22.7. The second-order valence-corrected chi connectivity index (χ2v) is 6.42. The fourth-order valence-corrected chi connectivity index (χ4v) is 3.57. The van der Waals surface area contributed by atoms with Crippen LogP contribution in [0.3, 0.4) is 0 Å². The standard InChI is InChI=1S/C16H19NS/c17-16(10-8-15-6-3-11-18-15)9-7-13-4-1-2-5-14(13)12-16/h1-6,11H,7-10,12,17H2. The summed E-state index contributed by atoms with van der Waals surface area (Å²) in [5.74, 6) is 0. The third-order valence-electron chi connectivity index (χ3n) is 4.00. The van der Waals surface area contributed by atoms with Crippen LogP contribution >= 0.6 is 11.3 Å². The lowest BCUT2D eigenvalue weighted by atomic mass is 9.76. The quantitative estimate of drug-likeness (QED) is 0.894. The molecule has 3 rings (SSSR count). The number of aryl methyl sites for hydroxylation is 2. The predicted molar refractivity (Wildman–Crippen MR) is 78.0 cm³/mol. The molecular weight excluding hydrogens is 238 g/mol. The number of benzene rings is 1. The highest BCUT2D eigenvalue weighted by atomic mass is 32.1. The molecule has 94 valence electrons. The first kappa shape index (κ1) is 11.9. The van der Waals surface area contributed by atoms with Crippen molar-refractivity contribution in [2.24, 2.45) is 5.73 Å². The van der Waals surface area contributed by atoms with Crippen LogP contribution in [0.15, 0.2) is 41.8 Å². The number of rotatable bonds is 3. The molecule has 0 aliphatic heterocycles. The minimum absolute atomic E-state index is 0.00164. The average molecular weight is 257 g/mol. The number of thiophene rings is 1. The number of hydrogen-bond donors (Lipinski definition) is 1. The van der Waals surface area contributed by atoms with E-state index in [0.717, 1.165) is 32.1 Å². The minimum Gasteiger partial charge on any atom is -0.325 e. The van der Waals surface area contributed by atoms with Crippen molar-refractivity contribution >= 4 is 11.3 Å². The molecule has 0 spiro atoms. The molecule has 2 aromatic rings. The molecule has 0 bridgehead atoms. The molecule has 0 saturated carbocycles. The van der Waals surface area contributed by atoms with E-state index in [1.807, 2.05) is 11.3 Å². The van der Waals surface area contributed by atoms with E-state index < -0.39 is 0 Å². The van der Waals surface area contributed by atoms with Gasteiger partial charge < -0.3 is 5.73 Å². The van der Waals surface area contributed by atoms with Gasteiger partial charge in [0.25, 0.3) is 0 Å². The van der Waals surface area contributed by atoms with Crippen LogP contribution < -0.4 is 5.73 Å².